The van der Waals surface area contributed by atoms with Crippen molar-refractivity contribution in [1.29, 1.82) is 0 Å². The topological polar surface area (TPSA) is 46.5 Å². The fraction of sp³-hybridized carbons (Fsp3) is 0.650. The summed E-state index contributed by atoms with van der Waals surface area (Å²) in [5, 5.41) is 9.12. The number of benzene rings is 1. The highest BCUT2D eigenvalue weighted by atomic mass is 127. The Bertz CT molecular complexity index is 601. The van der Waals surface area contributed by atoms with Crippen molar-refractivity contribution in [2.75, 3.05) is 0 Å². The van der Waals surface area contributed by atoms with Crippen LogP contribution in [0.25, 0.3) is 0 Å². The first-order valence-corrected chi connectivity index (χ1v) is 10.7. The number of aromatic hydroxyl groups is 1. The maximum absolute atomic E-state index is 13.7. The number of carbonyl (C=O) groups excluding carboxylic acids is 1. The summed E-state index contributed by atoms with van der Waals surface area (Å²) in [6.07, 6.45) is 9.59. The van der Waals surface area contributed by atoms with Crippen molar-refractivity contribution in [1.82, 2.24) is 0 Å². The van der Waals surface area contributed by atoms with Gasteiger partial charge in [-0.25, -0.2) is 0 Å². The van der Waals surface area contributed by atoms with Crippen LogP contribution in [0.5, 0.6) is 11.5 Å². The summed E-state index contributed by atoms with van der Waals surface area (Å²) in [4.78, 5) is 12.2. The van der Waals surface area contributed by atoms with Gasteiger partial charge in [0.15, 0.2) is 11.5 Å². The van der Waals surface area contributed by atoms with Gasteiger partial charge in [0.25, 0.3) is 0 Å². The van der Waals surface area contributed by atoms with Crippen LogP contribution in [0.1, 0.15) is 64.7 Å². The number of carbonyl (C=O) groups is 1. The van der Waals surface area contributed by atoms with Gasteiger partial charge in [0.05, 0.1) is 5.92 Å². The Morgan fingerprint density at radius 3 is 2.58 bits per heavy atom. The van der Waals surface area contributed by atoms with Gasteiger partial charge < -0.3 is 9.84 Å². The van der Waals surface area contributed by atoms with E-state index in [0.717, 1.165) is 41.7 Å². The van der Waals surface area contributed by atoms with Gasteiger partial charge in [-0.3, -0.25) is 4.79 Å². The number of esters is 1. The van der Waals surface area contributed by atoms with E-state index >= 15 is 0 Å². The number of alkyl halides is 1. The van der Waals surface area contributed by atoms with Crippen LogP contribution >= 0.6 is 22.6 Å². The van der Waals surface area contributed by atoms with Gasteiger partial charge in [0, 0.05) is 3.92 Å². The second kappa shape index (κ2) is 10.4. The average Bonchev–Trinajstić information content (AvgIpc) is 2.63. The molecule has 146 valence electrons. The third kappa shape index (κ3) is 6.06. The largest absolute Gasteiger partial charge is 0.505 e. The van der Waals surface area contributed by atoms with E-state index in [4.69, 9.17) is 9.84 Å². The molecular weight excluding hydrogens is 453 g/mol. The molecule has 1 N–H and O–H groups in total. The Morgan fingerprint density at radius 1 is 1.23 bits per heavy atom. The van der Waals surface area contributed by atoms with Gasteiger partial charge in [0.1, 0.15) is 0 Å². The summed E-state index contributed by atoms with van der Waals surface area (Å²) in [6.45, 7) is 2.21. The van der Waals surface area contributed by atoms with E-state index in [-0.39, 0.29) is 5.92 Å². The van der Waals surface area contributed by atoms with Crippen LogP contribution in [0.4, 0.5) is 8.78 Å². The fourth-order valence-corrected chi connectivity index (χ4v) is 4.63. The minimum Gasteiger partial charge on any atom is -0.505 e. The molecule has 0 heterocycles. The average molecular weight is 480 g/mol. The molecule has 6 heteroatoms. The van der Waals surface area contributed by atoms with E-state index in [1.807, 2.05) is 0 Å². The molecule has 0 aromatic heterocycles. The van der Waals surface area contributed by atoms with Crippen LogP contribution in [0.15, 0.2) is 12.1 Å². The summed E-state index contributed by atoms with van der Waals surface area (Å²) in [6, 6.07) is 2.06. The number of hydrogen-bond acceptors (Lipinski definition) is 3. The maximum Gasteiger partial charge on any atom is 0.314 e. The molecule has 0 bridgehead atoms. The van der Waals surface area contributed by atoms with E-state index in [1.54, 1.807) is 0 Å². The van der Waals surface area contributed by atoms with Gasteiger partial charge in [-0.2, -0.15) is 8.78 Å². The molecule has 1 aliphatic rings. The van der Waals surface area contributed by atoms with E-state index in [1.165, 1.54) is 32.1 Å². The highest BCUT2D eigenvalue weighted by molar-refractivity contribution is 14.1. The fourth-order valence-electron chi connectivity index (χ4n) is 3.56. The lowest BCUT2D eigenvalue weighted by Crippen LogP contribution is -2.26. The highest BCUT2D eigenvalue weighted by Gasteiger charge is 2.28. The first-order chi connectivity index (χ1) is 12.4. The van der Waals surface area contributed by atoms with Crippen LogP contribution in [0.3, 0.4) is 0 Å². The van der Waals surface area contributed by atoms with E-state index in [2.05, 4.69) is 29.5 Å². The Balaban J connectivity index is 1.75. The molecule has 0 radical (unpaired) electrons. The predicted octanol–water partition coefficient (Wildman–Crippen LogP) is 6.16. The molecule has 0 spiro atoms. The number of rotatable bonds is 8. The van der Waals surface area contributed by atoms with Crippen LogP contribution < -0.4 is 4.74 Å². The molecular formula is C20H27F2IO3. The zero-order chi connectivity index (χ0) is 19.1. The zero-order valence-corrected chi connectivity index (χ0v) is 17.3. The van der Waals surface area contributed by atoms with Crippen LogP contribution in [-0.4, -0.2) is 15.0 Å². The van der Waals surface area contributed by atoms with Crippen molar-refractivity contribution in [3.63, 3.8) is 0 Å². The van der Waals surface area contributed by atoms with E-state index in [9.17, 15) is 13.6 Å². The van der Waals surface area contributed by atoms with Crippen molar-refractivity contribution in [2.24, 2.45) is 11.8 Å². The molecule has 1 aromatic carbocycles. The van der Waals surface area contributed by atoms with Gasteiger partial charge >= 0.3 is 5.97 Å². The number of hydrogen-bond donors (Lipinski definition) is 1. The summed E-state index contributed by atoms with van der Waals surface area (Å²) >= 11 is 2.53. The molecule has 0 amide bonds. The van der Waals surface area contributed by atoms with Crippen molar-refractivity contribution < 1.29 is 23.4 Å². The van der Waals surface area contributed by atoms with Crippen LogP contribution in [0, 0.1) is 23.5 Å². The molecule has 0 saturated heterocycles. The van der Waals surface area contributed by atoms with Crippen molar-refractivity contribution in [3.8, 4) is 11.5 Å². The molecule has 0 aliphatic heterocycles. The SMILES string of the molecule is CCCC(I)CCCC1CCC(C(=O)Oc2ccc(O)c(F)c2F)CC1. The molecule has 1 saturated carbocycles. The monoisotopic (exact) mass is 480 g/mol. The highest BCUT2D eigenvalue weighted by Crippen LogP contribution is 2.34. The molecule has 26 heavy (non-hydrogen) atoms. The molecule has 2 rings (SSSR count). The van der Waals surface area contributed by atoms with Crippen molar-refractivity contribution in [2.45, 2.75) is 68.6 Å². The van der Waals surface area contributed by atoms with Gasteiger partial charge in [-0.15, -0.1) is 0 Å². The van der Waals surface area contributed by atoms with Crippen molar-refractivity contribution in [3.05, 3.63) is 23.8 Å². The van der Waals surface area contributed by atoms with Gasteiger partial charge in [0.2, 0.25) is 11.6 Å². The summed E-state index contributed by atoms with van der Waals surface area (Å²) in [5.74, 6) is -4.11. The Kier molecular flexibility index (Phi) is 8.57. The maximum atomic E-state index is 13.7. The first kappa shape index (κ1) is 21.4. The molecule has 1 fully saturated rings. The summed E-state index contributed by atoms with van der Waals surface area (Å²) in [5.41, 5.74) is 0. The number of phenols is 1. The molecule has 1 unspecified atom stereocenters. The Labute approximate surface area is 167 Å². The predicted molar refractivity (Wildman–Crippen MR) is 106 cm³/mol. The first-order valence-electron chi connectivity index (χ1n) is 9.45. The smallest absolute Gasteiger partial charge is 0.314 e. The minimum atomic E-state index is -1.39. The quantitative estimate of drug-likeness (QED) is 0.210. The normalized spacial score (nSPS) is 21.4. The number of ether oxygens (including phenoxy) is 1. The third-order valence-electron chi connectivity index (χ3n) is 5.15. The molecule has 1 aliphatic carbocycles. The Hall–Kier alpha value is -0.920. The van der Waals surface area contributed by atoms with Gasteiger partial charge in [-0.1, -0.05) is 48.8 Å². The van der Waals surface area contributed by atoms with Crippen molar-refractivity contribution >= 4 is 28.6 Å². The Morgan fingerprint density at radius 2 is 1.92 bits per heavy atom. The zero-order valence-electron chi connectivity index (χ0n) is 15.1. The number of halogens is 3. The standard InChI is InChI=1S/C20H27F2IO3/c1-2-4-15(23)6-3-5-13-7-9-14(10-8-13)20(25)26-17-12-11-16(24)18(21)19(17)22/h11-15,24H,2-10H2,1H3. The van der Waals surface area contributed by atoms with E-state index in [0.29, 0.717) is 5.92 Å². The summed E-state index contributed by atoms with van der Waals surface area (Å²) in [7, 11) is 0. The lowest BCUT2D eigenvalue weighted by molar-refractivity contribution is -0.140. The van der Waals surface area contributed by atoms with E-state index < -0.39 is 29.1 Å². The molecule has 1 atom stereocenters. The lowest BCUT2D eigenvalue weighted by Gasteiger charge is -2.27. The third-order valence-corrected chi connectivity index (χ3v) is 6.39. The van der Waals surface area contributed by atoms with Crippen LogP contribution in [0.2, 0.25) is 0 Å². The van der Waals surface area contributed by atoms with Crippen LogP contribution in [-0.2, 0) is 4.79 Å². The second-order valence-corrected chi connectivity index (χ2v) is 8.93. The molecule has 1 aromatic rings. The second-order valence-electron chi connectivity index (χ2n) is 7.17. The van der Waals surface area contributed by atoms with Gasteiger partial charge in [-0.05, 0) is 56.6 Å². The minimum absolute atomic E-state index is 0.264. The molecule has 3 nitrogen and oxygen atoms in total. The summed E-state index contributed by atoms with van der Waals surface area (Å²) < 4.78 is 32.8. The lowest BCUT2D eigenvalue weighted by atomic mass is 9.80. The number of phenolic OH excluding ortho intramolecular Hbond substituents is 1.